The van der Waals surface area contributed by atoms with Crippen molar-refractivity contribution in [2.24, 2.45) is 5.73 Å². The van der Waals surface area contributed by atoms with Crippen LogP contribution in [0, 0.1) is 5.82 Å². The molecule has 1 aromatic rings. The lowest BCUT2D eigenvalue weighted by atomic mass is 10.3. The van der Waals surface area contributed by atoms with Crippen molar-refractivity contribution in [1.29, 1.82) is 0 Å². The highest BCUT2D eigenvalue weighted by Crippen LogP contribution is 2.26. The van der Waals surface area contributed by atoms with E-state index in [4.69, 9.17) is 5.73 Å². The van der Waals surface area contributed by atoms with Gasteiger partial charge < -0.3 is 10.6 Å². The van der Waals surface area contributed by atoms with Gasteiger partial charge in [-0.3, -0.25) is 0 Å². The standard InChI is InChI=1S/C9H11FN2/c10-7-2-1-3-8(4-7)12-6-9(12)5-11/h1-4,9H,5-6,11H2. The molecule has 1 heterocycles. The van der Waals surface area contributed by atoms with Gasteiger partial charge in [-0.05, 0) is 18.2 Å². The van der Waals surface area contributed by atoms with Crippen LogP contribution in [0.3, 0.4) is 0 Å². The van der Waals surface area contributed by atoms with Crippen molar-refractivity contribution in [2.45, 2.75) is 6.04 Å². The highest BCUT2D eigenvalue weighted by Gasteiger charge is 2.32. The van der Waals surface area contributed by atoms with Crippen molar-refractivity contribution >= 4 is 5.69 Å². The Hall–Kier alpha value is -1.09. The first-order chi connectivity index (χ1) is 5.81. The first-order valence-electron chi connectivity index (χ1n) is 4.03. The summed E-state index contributed by atoms with van der Waals surface area (Å²) in [5.41, 5.74) is 6.40. The molecule has 1 saturated heterocycles. The molecule has 2 N–H and O–H groups in total. The summed E-state index contributed by atoms with van der Waals surface area (Å²) >= 11 is 0. The van der Waals surface area contributed by atoms with E-state index >= 15 is 0 Å². The third kappa shape index (κ3) is 1.28. The number of anilines is 1. The number of hydrogen-bond donors (Lipinski definition) is 1. The second-order valence-corrected chi connectivity index (χ2v) is 3.02. The number of rotatable bonds is 2. The number of hydrogen-bond acceptors (Lipinski definition) is 2. The molecule has 2 nitrogen and oxygen atoms in total. The van der Waals surface area contributed by atoms with Gasteiger partial charge in [-0.15, -0.1) is 0 Å². The van der Waals surface area contributed by atoms with Crippen molar-refractivity contribution < 1.29 is 4.39 Å². The van der Waals surface area contributed by atoms with Crippen molar-refractivity contribution in [1.82, 2.24) is 0 Å². The van der Waals surface area contributed by atoms with E-state index in [1.54, 1.807) is 6.07 Å². The van der Waals surface area contributed by atoms with Gasteiger partial charge in [-0.2, -0.15) is 0 Å². The maximum atomic E-state index is 12.7. The van der Waals surface area contributed by atoms with Gasteiger partial charge >= 0.3 is 0 Å². The Morgan fingerprint density at radius 2 is 2.42 bits per heavy atom. The highest BCUT2D eigenvalue weighted by atomic mass is 19.1. The van der Waals surface area contributed by atoms with Crippen LogP contribution >= 0.6 is 0 Å². The van der Waals surface area contributed by atoms with Crippen LogP contribution in [0.15, 0.2) is 24.3 Å². The van der Waals surface area contributed by atoms with Gasteiger partial charge in [-0.1, -0.05) is 6.07 Å². The average molecular weight is 166 g/mol. The van der Waals surface area contributed by atoms with Crippen LogP contribution in [0.5, 0.6) is 0 Å². The number of nitrogens with two attached hydrogens (primary N) is 1. The molecule has 64 valence electrons. The first kappa shape index (κ1) is 7.55. The number of halogens is 1. The number of nitrogens with zero attached hydrogens (tertiary/aromatic N) is 1. The first-order valence-corrected chi connectivity index (χ1v) is 4.03. The van der Waals surface area contributed by atoms with Crippen molar-refractivity contribution in [3.8, 4) is 0 Å². The Kier molecular flexibility index (Phi) is 1.73. The lowest BCUT2D eigenvalue weighted by molar-refractivity contribution is 0.628. The summed E-state index contributed by atoms with van der Waals surface area (Å²) in [6.07, 6.45) is 0. The molecule has 0 aliphatic carbocycles. The van der Waals surface area contributed by atoms with Crippen molar-refractivity contribution in [3.63, 3.8) is 0 Å². The van der Waals surface area contributed by atoms with E-state index in [9.17, 15) is 4.39 Å². The van der Waals surface area contributed by atoms with Crippen molar-refractivity contribution in [2.75, 3.05) is 18.0 Å². The minimum absolute atomic E-state index is 0.185. The molecular formula is C9H11FN2. The lowest BCUT2D eigenvalue weighted by Gasteiger charge is -2.03. The Bertz CT molecular complexity index is 288. The summed E-state index contributed by atoms with van der Waals surface area (Å²) < 4.78 is 12.7. The predicted molar refractivity (Wildman–Crippen MR) is 46.6 cm³/mol. The average Bonchev–Trinajstić information content (AvgIpc) is 2.83. The fourth-order valence-corrected chi connectivity index (χ4v) is 1.35. The lowest BCUT2D eigenvalue weighted by Crippen LogP contribution is -2.11. The molecule has 1 atom stereocenters. The third-order valence-corrected chi connectivity index (χ3v) is 2.13. The molecule has 0 spiro atoms. The van der Waals surface area contributed by atoms with Crippen LogP contribution < -0.4 is 10.6 Å². The fourth-order valence-electron chi connectivity index (χ4n) is 1.35. The van der Waals surface area contributed by atoms with Crippen LogP contribution in [0.4, 0.5) is 10.1 Å². The van der Waals surface area contributed by atoms with Gasteiger partial charge in [0.1, 0.15) is 5.82 Å². The molecule has 1 aliphatic heterocycles. The fraction of sp³-hybridized carbons (Fsp3) is 0.333. The molecule has 12 heavy (non-hydrogen) atoms. The Balaban J connectivity index is 2.14. The van der Waals surface area contributed by atoms with Gasteiger partial charge in [0.2, 0.25) is 0 Å². The maximum Gasteiger partial charge on any atom is 0.125 e. The minimum atomic E-state index is -0.185. The monoisotopic (exact) mass is 166 g/mol. The molecule has 0 saturated carbocycles. The summed E-state index contributed by atoms with van der Waals surface area (Å²) in [5.74, 6) is -0.185. The molecule has 1 aromatic carbocycles. The largest absolute Gasteiger partial charge is 0.363 e. The van der Waals surface area contributed by atoms with Gasteiger partial charge in [0.15, 0.2) is 0 Å². The summed E-state index contributed by atoms with van der Waals surface area (Å²) in [6.45, 7) is 1.61. The highest BCUT2D eigenvalue weighted by molar-refractivity contribution is 5.53. The zero-order valence-corrected chi connectivity index (χ0v) is 6.70. The Labute approximate surface area is 70.8 Å². The SMILES string of the molecule is NCC1CN1c1cccc(F)c1. The molecule has 2 rings (SSSR count). The summed E-state index contributed by atoms with van der Waals surface area (Å²) in [4.78, 5) is 2.09. The van der Waals surface area contributed by atoms with E-state index in [-0.39, 0.29) is 5.82 Å². The zero-order chi connectivity index (χ0) is 8.55. The summed E-state index contributed by atoms with van der Waals surface area (Å²) in [5, 5.41) is 0. The summed E-state index contributed by atoms with van der Waals surface area (Å²) in [6, 6.07) is 7.03. The normalized spacial score (nSPS) is 21.2. The molecule has 1 unspecified atom stereocenters. The Morgan fingerprint density at radius 1 is 1.58 bits per heavy atom. The van der Waals surface area contributed by atoms with Crippen LogP contribution in [0.1, 0.15) is 0 Å². The maximum absolute atomic E-state index is 12.7. The van der Waals surface area contributed by atoms with Gasteiger partial charge in [0.25, 0.3) is 0 Å². The van der Waals surface area contributed by atoms with Crippen LogP contribution in [0.2, 0.25) is 0 Å². The van der Waals surface area contributed by atoms with E-state index < -0.39 is 0 Å². The quantitative estimate of drug-likeness (QED) is 0.663. The molecule has 0 radical (unpaired) electrons. The molecule has 1 aliphatic rings. The van der Waals surface area contributed by atoms with Crippen LogP contribution in [-0.2, 0) is 0 Å². The molecule has 0 aromatic heterocycles. The van der Waals surface area contributed by atoms with Gasteiger partial charge in [-0.25, -0.2) is 4.39 Å². The predicted octanol–water partition coefficient (Wildman–Crippen LogP) is 0.973. The molecule has 0 amide bonds. The van der Waals surface area contributed by atoms with E-state index in [2.05, 4.69) is 4.90 Å². The summed E-state index contributed by atoms with van der Waals surface area (Å²) in [7, 11) is 0. The second kappa shape index (κ2) is 2.75. The van der Waals surface area contributed by atoms with Crippen molar-refractivity contribution in [3.05, 3.63) is 30.1 Å². The van der Waals surface area contributed by atoms with E-state index in [1.807, 2.05) is 6.07 Å². The van der Waals surface area contributed by atoms with E-state index in [1.165, 1.54) is 12.1 Å². The molecular weight excluding hydrogens is 155 g/mol. The van der Waals surface area contributed by atoms with E-state index in [0.29, 0.717) is 12.6 Å². The second-order valence-electron chi connectivity index (χ2n) is 3.02. The molecule has 3 heteroatoms. The molecule has 1 fully saturated rings. The van der Waals surface area contributed by atoms with Gasteiger partial charge in [0, 0.05) is 18.8 Å². The van der Waals surface area contributed by atoms with E-state index in [0.717, 1.165) is 12.2 Å². The molecule has 0 bridgehead atoms. The smallest absolute Gasteiger partial charge is 0.125 e. The topological polar surface area (TPSA) is 29.0 Å². The van der Waals surface area contributed by atoms with Crippen LogP contribution in [-0.4, -0.2) is 19.1 Å². The van der Waals surface area contributed by atoms with Crippen LogP contribution in [0.25, 0.3) is 0 Å². The zero-order valence-electron chi connectivity index (χ0n) is 6.70. The van der Waals surface area contributed by atoms with Gasteiger partial charge in [0.05, 0.1) is 6.04 Å². The Morgan fingerprint density at radius 3 is 3.00 bits per heavy atom. The third-order valence-electron chi connectivity index (χ3n) is 2.13. The number of benzene rings is 1. The minimum Gasteiger partial charge on any atom is -0.363 e.